The van der Waals surface area contributed by atoms with Crippen molar-refractivity contribution >= 4 is 11.8 Å². The Hall–Kier alpha value is 0.150. The lowest BCUT2D eigenvalue weighted by atomic mass is 10.0. The number of thioether (sulfide) groups is 1. The number of aliphatic hydroxyl groups excluding tert-OH is 5. The minimum absolute atomic E-state index is 0.341. The lowest BCUT2D eigenvalue weighted by molar-refractivity contribution is -0.0953. The molecule has 5 nitrogen and oxygen atoms in total. The van der Waals surface area contributed by atoms with Gasteiger partial charge in [0, 0.05) is 0 Å². The van der Waals surface area contributed by atoms with Gasteiger partial charge in [-0.2, -0.15) is 0 Å². The molecule has 5 N–H and O–H groups in total. The van der Waals surface area contributed by atoms with Gasteiger partial charge in [-0.15, -0.1) is 11.8 Å². The Kier molecular flexibility index (Phi) is 3.33. The molecule has 1 heterocycles. The van der Waals surface area contributed by atoms with Gasteiger partial charge in [0.15, 0.2) is 0 Å². The Morgan fingerprint density at radius 3 is 2.00 bits per heavy atom. The molecule has 1 fully saturated rings. The molecule has 12 heavy (non-hydrogen) atoms. The maximum atomic E-state index is 9.22. The fourth-order valence-corrected chi connectivity index (χ4v) is 2.17. The van der Waals surface area contributed by atoms with Gasteiger partial charge in [-0.1, -0.05) is 0 Å². The quantitative estimate of drug-likeness (QED) is 0.318. The van der Waals surface area contributed by atoms with E-state index in [-0.39, 0.29) is 6.61 Å². The van der Waals surface area contributed by atoms with Crippen molar-refractivity contribution in [2.24, 2.45) is 0 Å². The van der Waals surface area contributed by atoms with Crippen LogP contribution in [-0.2, 0) is 0 Å². The average molecular weight is 196 g/mol. The van der Waals surface area contributed by atoms with Crippen molar-refractivity contribution in [3.8, 4) is 0 Å². The van der Waals surface area contributed by atoms with Crippen LogP contribution in [0.15, 0.2) is 0 Å². The second-order valence-electron chi connectivity index (χ2n) is 2.72. The second-order valence-corrected chi connectivity index (χ2v) is 4.08. The van der Waals surface area contributed by atoms with Crippen LogP contribution in [0.5, 0.6) is 0 Å². The van der Waals surface area contributed by atoms with Crippen molar-refractivity contribution in [3.63, 3.8) is 0 Å². The van der Waals surface area contributed by atoms with E-state index in [4.69, 9.17) is 20.4 Å². The zero-order valence-corrected chi connectivity index (χ0v) is 7.05. The third-order valence-electron chi connectivity index (χ3n) is 1.87. The summed E-state index contributed by atoms with van der Waals surface area (Å²) in [6, 6.07) is 0. The first-order valence-corrected chi connectivity index (χ1v) is 4.50. The average Bonchev–Trinajstić information content (AvgIpc) is 2.08. The van der Waals surface area contributed by atoms with E-state index >= 15 is 0 Å². The minimum Gasteiger partial charge on any atom is -0.395 e. The first kappa shape index (κ1) is 10.2. The van der Waals surface area contributed by atoms with Gasteiger partial charge in [-0.25, -0.2) is 0 Å². The predicted molar refractivity (Wildman–Crippen MR) is 42.5 cm³/mol. The van der Waals surface area contributed by atoms with Gasteiger partial charge < -0.3 is 25.5 Å². The zero-order chi connectivity index (χ0) is 9.30. The van der Waals surface area contributed by atoms with Crippen LogP contribution in [0.25, 0.3) is 0 Å². The van der Waals surface area contributed by atoms with E-state index in [1.165, 1.54) is 0 Å². The standard InChI is InChI=1S/C6H12O5S/c7-1-2-3(8)4(9)5(10)6(11)12-2/h2-11H,1H2/t2-,3+,4+,5-,6-/m1/s1. The second kappa shape index (κ2) is 3.91. The molecule has 6 heteroatoms. The third kappa shape index (κ3) is 1.73. The summed E-state index contributed by atoms with van der Waals surface area (Å²) in [5.74, 6) is 0. The molecule has 5 atom stereocenters. The summed E-state index contributed by atoms with van der Waals surface area (Å²) >= 11 is 0.852. The molecular weight excluding hydrogens is 184 g/mol. The molecule has 1 aliphatic heterocycles. The molecule has 0 bridgehead atoms. The molecule has 0 saturated carbocycles. The van der Waals surface area contributed by atoms with Crippen molar-refractivity contribution < 1.29 is 25.5 Å². The Balaban J connectivity index is 2.63. The Morgan fingerprint density at radius 1 is 0.917 bits per heavy atom. The van der Waals surface area contributed by atoms with Crippen LogP contribution in [0.2, 0.25) is 0 Å². The van der Waals surface area contributed by atoms with E-state index in [2.05, 4.69) is 0 Å². The Morgan fingerprint density at radius 2 is 1.50 bits per heavy atom. The van der Waals surface area contributed by atoms with Crippen LogP contribution in [0.3, 0.4) is 0 Å². The summed E-state index contributed by atoms with van der Waals surface area (Å²) in [6.07, 6.45) is -3.94. The smallest absolute Gasteiger partial charge is 0.128 e. The lowest BCUT2D eigenvalue weighted by Gasteiger charge is -2.36. The highest BCUT2D eigenvalue weighted by atomic mass is 32.2. The molecule has 0 spiro atoms. The van der Waals surface area contributed by atoms with Gasteiger partial charge in [-0.05, 0) is 0 Å². The highest BCUT2D eigenvalue weighted by Crippen LogP contribution is 2.30. The molecule has 72 valence electrons. The van der Waals surface area contributed by atoms with Gasteiger partial charge in [0.1, 0.15) is 17.6 Å². The van der Waals surface area contributed by atoms with Gasteiger partial charge in [-0.3, -0.25) is 0 Å². The molecule has 0 radical (unpaired) electrons. The molecule has 0 aliphatic carbocycles. The normalized spacial score (nSPS) is 49.2. The summed E-state index contributed by atoms with van der Waals surface area (Å²) < 4.78 is 0. The van der Waals surface area contributed by atoms with Crippen molar-refractivity contribution in [1.82, 2.24) is 0 Å². The van der Waals surface area contributed by atoms with Crippen LogP contribution in [-0.4, -0.2) is 61.1 Å². The number of rotatable bonds is 1. The summed E-state index contributed by atoms with van der Waals surface area (Å²) in [5, 5.41) is 44.6. The molecule has 0 amide bonds. The van der Waals surface area contributed by atoms with Crippen molar-refractivity contribution in [2.45, 2.75) is 29.0 Å². The van der Waals surface area contributed by atoms with Gasteiger partial charge >= 0.3 is 0 Å². The largest absolute Gasteiger partial charge is 0.395 e. The van der Waals surface area contributed by atoms with E-state index in [0.29, 0.717) is 0 Å². The van der Waals surface area contributed by atoms with E-state index in [9.17, 15) is 5.11 Å². The van der Waals surface area contributed by atoms with Gasteiger partial charge in [0.25, 0.3) is 0 Å². The Labute approximate surface area is 73.7 Å². The molecule has 0 aromatic heterocycles. The van der Waals surface area contributed by atoms with Crippen molar-refractivity contribution in [3.05, 3.63) is 0 Å². The monoisotopic (exact) mass is 196 g/mol. The molecule has 0 aromatic rings. The predicted octanol–water partition coefficient (Wildman–Crippen LogP) is -2.50. The van der Waals surface area contributed by atoms with Crippen molar-refractivity contribution in [1.29, 1.82) is 0 Å². The summed E-state index contributed by atoms with van der Waals surface area (Å²) in [6.45, 7) is -0.341. The fourth-order valence-electron chi connectivity index (χ4n) is 1.08. The minimum atomic E-state index is -1.39. The van der Waals surface area contributed by atoms with Crippen molar-refractivity contribution in [2.75, 3.05) is 6.61 Å². The maximum Gasteiger partial charge on any atom is 0.128 e. The maximum absolute atomic E-state index is 9.22. The first-order chi connectivity index (χ1) is 5.57. The SMILES string of the molecule is OC[C@H]1S[C@@H](O)[C@H](O)[C@@H](O)[C@H]1O. The molecule has 1 saturated heterocycles. The number of hydrogen-bond acceptors (Lipinski definition) is 6. The number of hydrogen-bond donors (Lipinski definition) is 5. The zero-order valence-electron chi connectivity index (χ0n) is 6.24. The topological polar surface area (TPSA) is 101 Å². The Bertz CT molecular complexity index is 150. The first-order valence-electron chi connectivity index (χ1n) is 3.56. The molecule has 0 aromatic carbocycles. The third-order valence-corrected chi connectivity index (χ3v) is 3.20. The van der Waals surface area contributed by atoms with Crippen LogP contribution in [0, 0.1) is 0 Å². The van der Waals surface area contributed by atoms with Gasteiger partial charge in [0.05, 0.1) is 18.0 Å². The van der Waals surface area contributed by atoms with Crippen LogP contribution in [0.1, 0.15) is 0 Å². The summed E-state index contributed by atoms with van der Waals surface area (Å²) in [4.78, 5) is 0. The van der Waals surface area contributed by atoms with E-state index in [1.807, 2.05) is 0 Å². The number of aliphatic hydroxyl groups is 5. The molecule has 1 aliphatic rings. The lowest BCUT2D eigenvalue weighted by Crippen LogP contribution is -2.53. The van der Waals surface area contributed by atoms with Crippen LogP contribution in [0.4, 0.5) is 0 Å². The molecule has 0 unspecified atom stereocenters. The highest BCUT2D eigenvalue weighted by molar-refractivity contribution is 8.00. The highest BCUT2D eigenvalue weighted by Gasteiger charge is 2.42. The van der Waals surface area contributed by atoms with E-state index in [0.717, 1.165) is 11.8 Å². The van der Waals surface area contributed by atoms with E-state index < -0.39 is 29.0 Å². The fraction of sp³-hybridized carbons (Fsp3) is 1.00. The summed E-state index contributed by atoms with van der Waals surface area (Å²) in [5.41, 5.74) is -1.15. The van der Waals surface area contributed by atoms with E-state index in [1.54, 1.807) is 0 Å². The van der Waals surface area contributed by atoms with Crippen LogP contribution < -0.4 is 0 Å². The summed E-state index contributed by atoms with van der Waals surface area (Å²) in [7, 11) is 0. The van der Waals surface area contributed by atoms with Gasteiger partial charge in [0.2, 0.25) is 0 Å². The molecule has 1 rings (SSSR count). The molecular formula is C6H12O5S. The van der Waals surface area contributed by atoms with Crippen LogP contribution >= 0.6 is 11.8 Å².